The van der Waals surface area contributed by atoms with Gasteiger partial charge in [0.1, 0.15) is 55.9 Å². The van der Waals surface area contributed by atoms with Gasteiger partial charge in [-0.25, -0.2) is 0 Å². The van der Waals surface area contributed by atoms with Gasteiger partial charge in [0.15, 0.2) is 6.29 Å². The van der Waals surface area contributed by atoms with Gasteiger partial charge in [0, 0.05) is 6.42 Å². The third-order valence-electron chi connectivity index (χ3n) is 8.01. The largest absolute Gasteiger partial charge is 0.463 e. The van der Waals surface area contributed by atoms with Crippen molar-refractivity contribution in [3.8, 4) is 0 Å². The second kappa shape index (κ2) is 16.5. The fourth-order valence-corrected chi connectivity index (χ4v) is 5.55. The Bertz CT molecular complexity index is 709. The molecule has 228 valence electrons. The number of hydrogen-bond donors (Lipinski definition) is 5. The molecule has 0 aromatic carbocycles. The van der Waals surface area contributed by atoms with Crippen LogP contribution in [0.25, 0.3) is 0 Å². The highest BCUT2D eigenvalue weighted by Gasteiger charge is 2.63. The van der Waals surface area contributed by atoms with Crippen molar-refractivity contribution in [1.82, 2.24) is 0 Å². The molecule has 3 saturated heterocycles. The first-order valence-electron chi connectivity index (χ1n) is 14.9. The summed E-state index contributed by atoms with van der Waals surface area (Å²) in [7, 11) is 0. The fraction of sp³-hybridized carbons (Fsp3) is 0.964. The Morgan fingerprint density at radius 2 is 1.41 bits per heavy atom. The molecule has 3 fully saturated rings. The molecule has 9 atom stereocenters. The number of fused-ring (bicyclic) bond motifs is 2. The van der Waals surface area contributed by atoms with Crippen LogP contribution in [-0.2, 0) is 28.5 Å². The van der Waals surface area contributed by atoms with Gasteiger partial charge in [-0.3, -0.25) is 4.79 Å². The quantitative estimate of drug-likeness (QED) is 0.115. The summed E-state index contributed by atoms with van der Waals surface area (Å²) < 4.78 is 27.6. The van der Waals surface area contributed by atoms with Crippen molar-refractivity contribution in [3.63, 3.8) is 0 Å². The second-order valence-corrected chi connectivity index (χ2v) is 11.2. The molecule has 11 heteroatoms. The van der Waals surface area contributed by atoms with Crippen molar-refractivity contribution < 1.29 is 54.0 Å². The first kappa shape index (κ1) is 32.6. The van der Waals surface area contributed by atoms with E-state index < -0.39 is 67.4 Å². The van der Waals surface area contributed by atoms with Crippen LogP contribution in [0.15, 0.2) is 0 Å². The van der Waals surface area contributed by atoms with E-state index in [-0.39, 0.29) is 19.6 Å². The minimum Gasteiger partial charge on any atom is -0.463 e. The van der Waals surface area contributed by atoms with E-state index in [4.69, 9.17) is 23.7 Å². The maximum Gasteiger partial charge on any atom is 0.305 e. The summed E-state index contributed by atoms with van der Waals surface area (Å²) in [6.45, 7) is 1.32. The van der Waals surface area contributed by atoms with Crippen molar-refractivity contribution >= 4 is 5.97 Å². The lowest BCUT2D eigenvalue weighted by Crippen LogP contribution is -2.63. The van der Waals surface area contributed by atoms with Crippen LogP contribution < -0.4 is 0 Å². The smallest absolute Gasteiger partial charge is 0.305 e. The molecular weight excluding hydrogens is 512 g/mol. The fourth-order valence-electron chi connectivity index (χ4n) is 5.55. The van der Waals surface area contributed by atoms with E-state index in [1.165, 1.54) is 57.8 Å². The lowest BCUT2D eigenvalue weighted by atomic mass is 9.99. The number of carbonyl (C=O) groups is 1. The van der Waals surface area contributed by atoms with Crippen LogP contribution in [0, 0.1) is 0 Å². The number of hydrogen-bond acceptors (Lipinski definition) is 11. The minimum atomic E-state index is -1.80. The van der Waals surface area contributed by atoms with Crippen molar-refractivity contribution in [2.75, 3.05) is 19.8 Å². The van der Waals surface area contributed by atoms with Gasteiger partial charge in [-0.2, -0.15) is 0 Å². The molecule has 0 saturated carbocycles. The summed E-state index contributed by atoms with van der Waals surface area (Å²) in [4.78, 5) is 12.2. The molecule has 3 aliphatic rings. The number of aliphatic hydroxyl groups is 5. The maximum atomic E-state index is 12.2. The Kier molecular flexibility index (Phi) is 13.8. The maximum absolute atomic E-state index is 12.2. The molecule has 2 bridgehead atoms. The average molecular weight is 563 g/mol. The predicted molar refractivity (Wildman–Crippen MR) is 139 cm³/mol. The van der Waals surface area contributed by atoms with Gasteiger partial charge in [-0.1, -0.05) is 84.0 Å². The highest BCUT2D eigenvalue weighted by molar-refractivity contribution is 5.69. The van der Waals surface area contributed by atoms with Crippen LogP contribution in [0.4, 0.5) is 0 Å². The molecule has 0 amide bonds. The zero-order valence-corrected chi connectivity index (χ0v) is 23.3. The number of aliphatic hydroxyl groups excluding tert-OH is 5. The molecule has 0 aromatic heterocycles. The first-order chi connectivity index (χ1) is 18.8. The normalized spacial score (nSPS) is 35.9. The van der Waals surface area contributed by atoms with E-state index in [1.807, 2.05) is 0 Å². The van der Waals surface area contributed by atoms with Crippen molar-refractivity contribution in [2.24, 2.45) is 0 Å². The Morgan fingerprint density at radius 1 is 0.821 bits per heavy atom. The molecule has 3 rings (SSSR count). The molecule has 5 N–H and O–H groups in total. The molecule has 3 heterocycles. The number of carbonyl (C=O) groups excluding carboxylic acids is 1. The van der Waals surface area contributed by atoms with Gasteiger partial charge in [-0.15, -0.1) is 0 Å². The lowest BCUT2D eigenvalue weighted by molar-refractivity contribution is -0.396. The Balaban J connectivity index is 1.29. The summed E-state index contributed by atoms with van der Waals surface area (Å²) in [6.07, 6.45) is 5.61. The number of rotatable bonds is 19. The molecule has 0 radical (unpaired) electrons. The molecule has 0 spiro atoms. The van der Waals surface area contributed by atoms with Gasteiger partial charge < -0.3 is 49.2 Å². The zero-order chi connectivity index (χ0) is 28.3. The van der Waals surface area contributed by atoms with Crippen LogP contribution in [0.3, 0.4) is 0 Å². The van der Waals surface area contributed by atoms with E-state index in [9.17, 15) is 30.3 Å². The standard InChI is InChI=1S/C28H50O11/c1-2-3-4-5-6-7-8-9-10-11-12-13-14-15-21(30)35-16-19-22(31)24(33)25(34)27(37-19)39-28(18-29)26-23(32)20(38-28)17-36-26/h19-20,22-27,29,31-34H,2-18H2,1H3/t19-,20-,22-,23-,24+,25-,26+,27-,28+/m1/s1. The zero-order valence-electron chi connectivity index (χ0n) is 23.3. The molecule has 0 aromatic rings. The van der Waals surface area contributed by atoms with Crippen LogP contribution in [0.2, 0.25) is 0 Å². The minimum absolute atomic E-state index is 0.129. The monoisotopic (exact) mass is 562 g/mol. The lowest BCUT2D eigenvalue weighted by Gasteiger charge is -2.44. The topological polar surface area (TPSA) is 164 Å². The number of esters is 1. The SMILES string of the molecule is CCCCCCCCCCCCCCCC(=O)OC[C@H]1O[C@H](O[C@]2(CO)O[C@@H]3CO[C@H]2[C@@H]3O)[C@H](O)[C@@H](O)[C@@H]1O. The summed E-state index contributed by atoms with van der Waals surface area (Å²) in [5.74, 6) is -2.24. The van der Waals surface area contributed by atoms with Crippen LogP contribution >= 0.6 is 0 Å². The molecule has 0 aliphatic carbocycles. The average Bonchev–Trinajstić information content (AvgIpc) is 3.42. The Morgan fingerprint density at radius 3 is 1.92 bits per heavy atom. The van der Waals surface area contributed by atoms with Gasteiger partial charge in [0.2, 0.25) is 5.79 Å². The summed E-state index contributed by atoms with van der Waals surface area (Å²) in [6, 6.07) is 0. The van der Waals surface area contributed by atoms with Gasteiger partial charge >= 0.3 is 5.97 Å². The molecule has 0 unspecified atom stereocenters. The molecule has 11 nitrogen and oxygen atoms in total. The summed E-state index contributed by atoms with van der Waals surface area (Å²) in [5, 5.41) is 51.1. The van der Waals surface area contributed by atoms with E-state index in [0.717, 1.165) is 19.3 Å². The van der Waals surface area contributed by atoms with E-state index in [0.29, 0.717) is 6.42 Å². The van der Waals surface area contributed by atoms with E-state index in [1.54, 1.807) is 0 Å². The van der Waals surface area contributed by atoms with Crippen molar-refractivity contribution in [3.05, 3.63) is 0 Å². The number of ether oxygens (including phenoxy) is 5. The molecular formula is C28H50O11. The second-order valence-electron chi connectivity index (χ2n) is 11.2. The van der Waals surface area contributed by atoms with Crippen LogP contribution in [0.1, 0.15) is 96.8 Å². The first-order valence-corrected chi connectivity index (χ1v) is 14.9. The van der Waals surface area contributed by atoms with Gasteiger partial charge in [-0.05, 0) is 6.42 Å². The van der Waals surface area contributed by atoms with Gasteiger partial charge in [0.25, 0.3) is 0 Å². The number of unbranched alkanes of at least 4 members (excludes halogenated alkanes) is 12. The predicted octanol–water partition coefficient (Wildman–Crippen LogP) is 1.68. The van der Waals surface area contributed by atoms with Crippen molar-refractivity contribution in [2.45, 2.75) is 152 Å². The van der Waals surface area contributed by atoms with Crippen molar-refractivity contribution in [1.29, 1.82) is 0 Å². The van der Waals surface area contributed by atoms with Gasteiger partial charge in [0.05, 0.1) is 6.61 Å². The Labute approximate surface area is 231 Å². The van der Waals surface area contributed by atoms with Crippen LogP contribution in [0.5, 0.6) is 0 Å². The molecule has 3 aliphatic heterocycles. The van der Waals surface area contributed by atoms with E-state index in [2.05, 4.69) is 6.92 Å². The highest BCUT2D eigenvalue weighted by Crippen LogP contribution is 2.41. The summed E-state index contributed by atoms with van der Waals surface area (Å²) in [5.41, 5.74) is 0. The summed E-state index contributed by atoms with van der Waals surface area (Å²) >= 11 is 0. The molecule has 39 heavy (non-hydrogen) atoms. The van der Waals surface area contributed by atoms with Crippen LogP contribution in [-0.4, -0.2) is 106 Å². The Hall–Kier alpha value is -0.890. The third kappa shape index (κ3) is 9.05. The third-order valence-corrected chi connectivity index (χ3v) is 8.01. The van der Waals surface area contributed by atoms with E-state index >= 15 is 0 Å². The highest BCUT2D eigenvalue weighted by atomic mass is 16.8.